The second kappa shape index (κ2) is 9.70. The molecule has 25 heavy (non-hydrogen) atoms. The number of methoxy groups -OCH3 is 1. The van der Waals surface area contributed by atoms with Crippen LogP contribution >= 0.6 is 63.7 Å². The van der Waals surface area contributed by atoms with Crippen LogP contribution < -0.4 is 14.9 Å². The fourth-order valence-electron chi connectivity index (χ4n) is 1.82. The van der Waals surface area contributed by atoms with Crippen molar-refractivity contribution >= 4 is 75.8 Å². The van der Waals surface area contributed by atoms with Gasteiger partial charge in [-0.1, -0.05) is 31.9 Å². The number of nitrogens with zero attached hydrogens (tertiary/aromatic N) is 1. The first-order chi connectivity index (χ1) is 11.9. The molecule has 5 nitrogen and oxygen atoms in total. The Morgan fingerprint density at radius 1 is 1.12 bits per heavy atom. The summed E-state index contributed by atoms with van der Waals surface area (Å²) in [6.45, 7) is -0.175. The second-order valence-corrected chi connectivity index (χ2v) is 8.21. The highest BCUT2D eigenvalue weighted by Crippen LogP contribution is 2.36. The molecule has 0 radical (unpaired) electrons. The molecule has 2 rings (SSSR count). The Labute approximate surface area is 178 Å². The van der Waals surface area contributed by atoms with Gasteiger partial charge in [-0.15, -0.1) is 0 Å². The molecule has 0 unspecified atom stereocenters. The van der Waals surface area contributed by atoms with Crippen LogP contribution in [-0.4, -0.2) is 25.8 Å². The van der Waals surface area contributed by atoms with Gasteiger partial charge in [0.2, 0.25) is 0 Å². The molecule has 0 spiro atoms. The number of amides is 1. The minimum Gasteiger partial charge on any atom is -0.496 e. The Hall–Kier alpha value is -0.900. The largest absolute Gasteiger partial charge is 0.496 e. The summed E-state index contributed by atoms with van der Waals surface area (Å²) in [6.07, 6.45) is 1.51. The predicted octanol–water partition coefficient (Wildman–Crippen LogP) is 5.27. The molecule has 132 valence electrons. The van der Waals surface area contributed by atoms with Crippen LogP contribution in [0, 0.1) is 0 Å². The Morgan fingerprint density at radius 3 is 2.44 bits per heavy atom. The first kappa shape index (κ1) is 20.4. The van der Waals surface area contributed by atoms with Crippen LogP contribution in [0.3, 0.4) is 0 Å². The van der Waals surface area contributed by atoms with Gasteiger partial charge in [-0.3, -0.25) is 4.79 Å². The van der Waals surface area contributed by atoms with E-state index in [9.17, 15) is 4.79 Å². The van der Waals surface area contributed by atoms with Gasteiger partial charge in [-0.25, -0.2) is 5.43 Å². The van der Waals surface area contributed by atoms with Crippen molar-refractivity contribution in [1.29, 1.82) is 0 Å². The van der Waals surface area contributed by atoms with Gasteiger partial charge in [-0.2, -0.15) is 5.10 Å². The Kier molecular flexibility index (Phi) is 7.92. The summed E-state index contributed by atoms with van der Waals surface area (Å²) in [7, 11) is 1.57. The first-order valence-corrected chi connectivity index (χ1v) is 10.0. The molecule has 0 heterocycles. The summed E-state index contributed by atoms with van der Waals surface area (Å²) in [5.74, 6) is 0.808. The van der Waals surface area contributed by atoms with Gasteiger partial charge in [0, 0.05) is 14.5 Å². The third-order valence-corrected chi connectivity index (χ3v) is 5.02. The monoisotopic (exact) mass is 596 g/mol. The van der Waals surface area contributed by atoms with E-state index in [1.165, 1.54) is 6.21 Å². The van der Waals surface area contributed by atoms with Gasteiger partial charge < -0.3 is 9.47 Å². The number of carbonyl (C=O) groups excluding carboxylic acids is 1. The molecule has 2 aromatic rings. The zero-order valence-electron chi connectivity index (χ0n) is 12.9. The molecule has 2 aromatic carbocycles. The second-order valence-electron chi connectivity index (χ2n) is 4.67. The van der Waals surface area contributed by atoms with E-state index in [4.69, 9.17) is 9.47 Å². The van der Waals surface area contributed by atoms with E-state index in [2.05, 4.69) is 74.2 Å². The molecule has 0 aliphatic heterocycles. The maximum atomic E-state index is 11.9. The molecule has 9 heteroatoms. The molecule has 0 fully saturated rings. The van der Waals surface area contributed by atoms with Crippen molar-refractivity contribution in [3.63, 3.8) is 0 Å². The molecular formula is C16H12Br4N2O3. The molecule has 0 saturated heterocycles. The number of benzene rings is 2. The summed E-state index contributed by atoms with van der Waals surface area (Å²) in [4.78, 5) is 11.9. The van der Waals surface area contributed by atoms with Gasteiger partial charge in [0.05, 0.1) is 22.3 Å². The van der Waals surface area contributed by atoms with Crippen molar-refractivity contribution in [3.05, 3.63) is 53.8 Å². The normalized spacial score (nSPS) is 10.8. The van der Waals surface area contributed by atoms with Crippen LogP contribution in [0.5, 0.6) is 11.5 Å². The predicted molar refractivity (Wildman–Crippen MR) is 111 cm³/mol. The zero-order chi connectivity index (χ0) is 18.4. The van der Waals surface area contributed by atoms with Crippen molar-refractivity contribution in [2.45, 2.75) is 0 Å². The SMILES string of the molecule is COc1ccc(Br)cc1/C=N\NC(=O)COc1c(Br)cc(Br)cc1Br. The van der Waals surface area contributed by atoms with E-state index in [-0.39, 0.29) is 12.5 Å². The lowest BCUT2D eigenvalue weighted by Crippen LogP contribution is -2.24. The van der Waals surface area contributed by atoms with Gasteiger partial charge in [0.15, 0.2) is 6.61 Å². The molecule has 0 aliphatic rings. The molecule has 0 aliphatic carbocycles. The highest BCUT2D eigenvalue weighted by Gasteiger charge is 2.10. The summed E-state index contributed by atoms with van der Waals surface area (Å²) in [5.41, 5.74) is 3.15. The summed E-state index contributed by atoms with van der Waals surface area (Å²) in [5, 5.41) is 3.93. The summed E-state index contributed by atoms with van der Waals surface area (Å²) >= 11 is 13.5. The minimum atomic E-state index is -0.382. The lowest BCUT2D eigenvalue weighted by atomic mass is 10.2. The van der Waals surface area contributed by atoms with Gasteiger partial charge in [0.25, 0.3) is 5.91 Å². The average molecular weight is 600 g/mol. The molecule has 1 amide bonds. The van der Waals surface area contributed by atoms with Gasteiger partial charge in [0.1, 0.15) is 11.5 Å². The number of halogens is 4. The molecule has 0 saturated carbocycles. The van der Waals surface area contributed by atoms with E-state index in [1.54, 1.807) is 13.2 Å². The van der Waals surface area contributed by atoms with Gasteiger partial charge in [-0.05, 0) is 62.2 Å². The summed E-state index contributed by atoms with van der Waals surface area (Å²) < 4.78 is 14.0. The topological polar surface area (TPSA) is 59.9 Å². The van der Waals surface area contributed by atoms with E-state index >= 15 is 0 Å². The van der Waals surface area contributed by atoms with Crippen LogP contribution in [0.25, 0.3) is 0 Å². The smallest absolute Gasteiger partial charge is 0.277 e. The molecule has 0 bridgehead atoms. The number of ether oxygens (including phenoxy) is 2. The van der Waals surface area contributed by atoms with Crippen LogP contribution in [0.2, 0.25) is 0 Å². The lowest BCUT2D eigenvalue weighted by Gasteiger charge is -2.10. The third kappa shape index (κ3) is 6.09. The Balaban J connectivity index is 1.94. The van der Waals surface area contributed by atoms with Crippen molar-refractivity contribution in [1.82, 2.24) is 5.43 Å². The molecule has 0 aromatic heterocycles. The maximum absolute atomic E-state index is 11.9. The van der Waals surface area contributed by atoms with Crippen LogP contribution in [0.15, 0.2) is 53.3 Å². The fourth-order valence-corrected chi connectivity index (χ4v) is 4.68. The first-order valence-electron chi connectivity index (χ1n) is 6.83. The molecule has 0 atom stereocenters. The average Bonchev–Trinajstić information content (AvgIpc) is 2.54. The number of rotatable bonds is 6. The molecular weight excluding hydrogens is 588 g/mol. The number of hydrogen-bond donors (Lipinski definition) is 1. The quantitative estimate of drug-likeness (QED) is 0.364. The van der Waals surface area contributed by atoms with E-state index in [0.29, 0.717) is 11.5 Å². The van der Waals surface area contributed by atoms with Gasteiger partial charge >= 0.3 is 0 Å². The van der Waals surface area contributed by atoms with Crippen molar-refractivity contribution in [2.75, 3.05) is 13.7 Å². The van der Waals surface area contributed by atoms with Crippen LogP contribution in [-0.2, 0) is 4.79 Å². The lowest BCUT2D eigenvalue weighted by molar-refractivity contribution is -0.123. The van der Waals surface area contributed by atoms with E-state index in [1.807, 2.05) is 24.3 Å². The van der Waals surface area contributed by atoms with Crippen LogP contribution in [0.1, 0.15) is 5.56 Å². The molecule has 1 N–H and O–H groups in total. The van der Waals surface area contributed by atoms with Crippen molar-refractivity contribution < 1.29 is 14.3 Å². The van der Waals surface area contributed by atoms with Crippen LogP contribution in [0.4, 0.5) is 0 Å². The highest BCUT2D eigenvalue weighted by atomic mass is 79.9. The van der Waals surface area contributed by atoms with Crippen molar-refractivity contribution in [2.24, 2.45) is 5.10 Å². The Morgan fingerprint density at radius 2 is 1.80 bits per heavy atom. The number of hydrogen-bond acceptors (Lipinski definition) is 4. The third-order valence-electron chi connectivity index (χ3n) is 2.90. The number of carbonyl (C=O) groups is 1. The van der Waals surface area contributed by atoms with Crippen molar-refractivity contribution in [3.8, 4) is 11.5 Å². The zero-order valence-corrected chi connectivity index (χ0v) is 19.2. The maximum Gasteiger partial charge on any atom is 0.277 e. The number of hydrazone groups is 1. The van der Waals surface area contributed by atoms with E-state index < -0.39 is 0 Å². The van der Waals surface area contributed by atoms with E-state index in [0.717, 1.165) is 23.5 Å². The Bertz CT molecular complexity index is 789. The minimum absolute atomic E-state index is 0.175. The highest BCUT2D eigenvalue weighted by molar-refractivity contribution is 9.11. The standard InChI is InChI=1S/C16H12Br4N2O3/c1-24-14-3-2-10(17)4-9(14)7-21-22-15(23)8-25-16-12(19)5-11(18)6-13(16)20/h2-7H,8H2,1H3,(H,22,23)/b21-7-. The number of nitrogens with one attached hydrogen (secondary N) is 1. The fraction of sp³-hybridized carbons (Fsp3) is 0.125. The summed E-state index contributed by atoms with van der Waals surface area (Å²) in [6, 6.07) is 9.15.